The van der Waals surface area contributed by atoms with Crippen LogP contribution in [0.1, 0.15) is 58.2 Å². The molecule has 3 heterocycles. The van der Waals surface area contributed by atoms with Gasteiger partial charge in [-0.2, -0.15) is 10.2 Å². The first-order valence-electron chi connectivity index (χ1n) is 13.8. The second-order valence-corrected chi connectivity index (χ2v) is 11.7. The lowest BCUT2D eigenvalue weighted by Gasteiger charge is -2.47. The maximum Gasteiger partial charge on any atom is 0.405 e. The van der Waals surface area contributed by atoms with Gasteiger partial charge in [0.05, 0.1) is 17.8 Å². The number of carboxylic acid groups (broad SMARTS) is 1. The van der Waals surface area contributed by atoms with Crippen LogP contribution in [0.5, 0.6) is 5.88 Å². The standard InChI is InChI=1S/C30H36N6O6/c1-17(2)41-25-22(15-31)14-23(16-32-25)26-33-24(35-42-26)21-8-7-19-9-11-36(12-10-20(19)13-21)27(38)30(18(3)37,29(4,5)6)34-28(39)40/h7-8,13-14,16-18,34,37H,9-12H2,1-6H3,(H,39,40)/t18-,30+/m1/s1. The van der Waals surface area contributed by atoms with E-state index in [1.807, 2.05) is 32.0 Å². The summed E-state index contributed by atoms with van der Waals surface area (Å²) in [5.74, 6) is 0.344. The quantitative estimate of drug-likeness (QED) is 0.375. The lowest BCUT2D eigenvalue weighted by molar-refractivity contribution is -0.150. The zero-order chi connectivity index (χ0) is 30.8. The molecule has 0 fully saturated rings. The Labute approximate surface area is 244 Å². The van der Waals surface area contributed by atoms with Crippen molar-refractivity contribution < 1.29 is 29.1 Å². The topological polar surface area (TPSA) is 175 Å². The maximum atomic E-state index is 13.9. The SMILES string of the molecule is CC(C)Oc1ncc(-c2nc(-c3ccc4c(c3)CCN(C(=O)[C@@](NC(=O)O)([C@@H](C)O)C(C)(C)C)CC4)no2)cc1C#N. The predicted octanol–water partition coefficient (Wildman–Crippen LogP) is 3.82. The smallest absolute Gasteiger partial charge is 0.405 e. The Morgan fingerprint density at radius 3 is 2.40 bits per heavy atom. The summed E-state index contributed by atoms with van der Waals surface area (Å²) >= 11 is 0. The third kappa shape index (κ3) is 5.92. The number of aliphatic hydroxyl groups excluding tert-OH is 1. The van der Waals surface area contributed by atoms with E-state index in [1.54, 1.807) is 31.7 Å². The number of aromatic nitrogens is 3. The molecule has 0 aliphatic carbocycles. The monoisotopic (exact) mass is 576 g/mol. The Morgan fingerprint density at radius 2 is 1.81 bits per heavy atom. The minimum atomic E-state index is -1.72. The molecular weight excluding hydrogens is 540 g/mol. The summed E-state index contributed by atoms with van der Waals surface area (Å²) in [4.78, 5) is 36.0. The fourth-order valence-electron chi connectivity index (χ4n) is 5.38. The van der Waals surface area contributed by atoms with Crippen molar-refractivity contribution in [1.29, 1.82) is 5.26 Å². The second kappa shape index (κ2) is 11.8. The molecule has 1 aliphatic heterocycles. The number of carbonyl (C=O) groups is 2. The maximum absolute atomic E-state index is 13.9. The molecule has 2 atom stereocenters. The Balaban J connectivity index is 1.56. The van der Waals surface area contributed by atoms with Crippen LogP contribution in [-0.4, -0.2) is 73.1 Å². The van der Waals surface area contributed by atoms with E-state index >= 15 is 0 Å². The van der Waals surface area contributed by atoms with E-state index in [2.05, 4.69) is 26.5 Å². The zero-order valence-electron chi connectivity index (χ0n) is 24.6. The van der Waals surface area contributed by atoms with Crippen LogP contribution in [-0.2, 0) is 17.6 Å². The minimum Gasteiger partial charge on any atom is -0.474 e. The second-order valence-electron chi connectivity index (χ2n) is 11.7. The van der Waals surface area contributed by atoms with Gasteiger partial charge >= 0.3 is 6.09 Å². The average molecular weight is 577 g/mol. The van der Waals surface area contributed by atoms with Crippen molar-refractivity contribution in [2.24, 2.45) is 5.41 Å². The normalized spacial score (nSPS) is 15.6. The highest BCUT2D eigenvalue weighted by molar-refractivity contribution is 5.91. The number of nitrogens with zero attached hydrogens (tertiary/aromatic N) is 5. The molecule has 4 rings (SSSR count). The van der Waals surface area contributed by atoms with E-state index in [0.717, 1.165) is 16.7 Å². The van der Waals surface area contributed by atoms with Crippen LogP contribution >= 0.6 is 0 Å². The van der Waals surface area contributed by atoms with Crippen LogP contribution in [0.3, 0.4) is 0 Å². The van der Waals surface area contributed by atoms with E-state index in [4.69, 9.17) is 9.26 Å². The number of amides is 2. The van der Waals surface area contributed by atoms with Crippen LogP contribution in [0.4, 0.5) is 4.79 Å². The minimum absolute atomic E-state index is 0.135. The predicted molar refractivity (Wildman–Crippen MR) is 152 cm³/mol. The number of hydrogen-bond donors (Lipinski definition) is 3. The molecule has 0 spiro atoms. The van der Waals surface area contributed by atoms with Gasteiger partial charge in [0.2, 0.25) is 11.7 Å². The average Bonchev–Trinajstić information content (AvgIpc) is 3.31. The number of benzene rings is 1. The van der Waals surface area contributed by atoms with Gasteiger partial charge in [-0.3, -0.25) is 4.79 Å². The zero-order valence-corrected chi connectivity index (χ0v) is 24.6. The first-order valence-corrected chi connectivity index (χ1v) is 13.8. The number of ether oxygens (including phenoxy) is 1. The molecule has 2 aromatic heterocycles. The summed E-state index contributed by atoms with van der Waals surface area (Å²) in [6.07, 6.45) is -0.184. The van der Waals surface area contributed by atoms with Crippen LogP contribution in [0.2, 0.25) is 0 Å². The molecule has 0 saturated heterocycles. The van der Waals surface area contributed by atoms with E-state index in [0.29, 0.717) is 37.3 Å². The summed E-state index contributed by atoms with van der Waals surface area (Å²) in [7, 11) is 0. The third-order valence-electron chi connectivity index (χ3n) is 7.50. The molecular formula is C30H36N6O6. The summed E-state index contributed by atoms with van der Waals surface area (Å²) in [5.41, 5.74) is 0.895. The van der Waals surface area contributed by atoms with Crippen molar-refractivity contribution in [3.8, 4) is 34.8 Å². The van der Waals surface area contributed by atoms with Gasteiger partial charge < -0.3 is 29.7 Å². The highest BCUT2D eigenvalue weighted by Crippen LogP contribution is 2.36. The third-order valence-corrected chi connectivity index (χ3v) is 7.50. The van der Waals surface area contributed by atoms with Gasteiger partial charge in [0, 0.05) is 24.8 Å². The van der Waals surface area contributed by atoms with Crippen LogP contribution in [0, 0.1) is 16.7 Å². The van der Waals surface area contributed by atoms with Crippen molar-refractivity contribution in [1.82, 2.24) is 25.3 Å². The van der Waals surface area contributed by atoms with Crippen LogP contribution < -0.4 is 10.1 Å². The first kappa shape index (κ1) is 30.5. The molecule has 0 unspecified atom stereocenters. The number of pyridine rings is 1. The Bertz CT molecular complexity index is 1520. The molecule has 0 bridgehead atoms. The number of nitriles is 1. The molecule has 2 amide bonds. The van der Waals surface area contributed by atoms with E-state index in [-0.39, 0.29) is 23.4 Å². The molecule has 3 N–H and O–H groups in total. The Hall–Kier alpha value is -4.50. The number of aliphatic hydroxyl groups is 1. The number of fused-ring (bicyclic) bond motifs is 1. The summed E-state index contributed by atoms with van der Waals surface area (Å²) in [5, 5.41) is 36.3. The largest absolute Gasteiger partial charge is 0.474 e. The Kier molecular flexibility index (Phi) is 8.54. The molecule has 3 aromatic rings. The number of hydrogen-bond acceptors (Lipinski definition) is 9. The fourth-order valence-corrected chi connectivity index (χ4v) is 5.38. The van der Waals surface area contributed by atoms with Crippen molar-refractivity contribution in [2.75, 3.05) is 13.1 Å². The molecule has 42 heavy (non-hydrogen) atoms. The van der Waals surface area contributed by atoms with Gasteiger partial charge in [-0.05, 0) is 62.3 Å². The molecule has 12 nitrogen and oxygen atoms in total. The molecule has 222 valence electrons. The number of carbonyl (C=O) groups excluding carboxylic acids is 1. The van der Waals surface area contributed by atoms with E-state index < -0.39 is 29.1 Å². The lowest BCUT2D eigenvalue weighted by Crippen LogP contribution is -2.71. The molecule has 1 aromatic carbocycles. The van der Waals surface area contributed by atoms with Crippen molar-refractivity contribution in [3.05, 3.63) is 47.2 Å². The lowest BCUT2D eigenvalue weighted by atomic mass is 9.69. The summed E-state index contributed by atoms with van der Waals surface area (Å²) in [6.45, 7) is 11.0. The highest BCUT2D eigenvalue weighted by Gasteiger charge is 2.55. The number of nitrogens with one attached hydrogen (secondary N) is 1. The summed E-state index contributed by atoms with van der Waals surface area (Å²) in [6, 6.07) is 9.47. The first-order chi connectivity index (χ1) is 19.8. The van der Waals surface area contributed by atoms with Gasteiger partial charge in [-0.25, -0.2) is 9.78 Å². The van der Waals surface area contributed by atoms with Gasteiger partial charge in [0.15, 0.2) is 5.54 Å². The van der Waals surface area contributed by atoms with Gasteiger partial charge in [-0.1, -0.05) is 38.1 Å². The Morgan fingerprint density at radius 1 is 1.12 bits per heavy atom. The molecule has 0 radical (unpaired) electrons. The molecule has 0 saturated carbocycles. The van der Waals surface area contributed by atoms with Crippen molar-refractivity contribution in [3.63, 3.8) is 0 Å². The van der Waals surface area contributed by atoms with Crippen LogP contribution in [0.25, 0.3) is 22.8 Å². The van der Waals surface area contributed by atoms with Gasteiger partial charge in [0.25, 0.3) is 11.8 Å². The van der Waals surface area contributed by atoms with E-state index in [9.17, 15) is 25.1 Å². The highest BCUT2D eigenvalue weighted by atomic mass is 16.5. The van der Waals surface area contributed by atoms with Gasteiger partial charge in [0.1, 0.15) is 11.6 Å². The van der Waals surface area contributed by atoms with Crippen molar-refractivity contribution >= 4 is 12.0 Å². The summed E-state index contributed by atoms with van der Waals surface area (Å²) < 4.78 is 11.1. The van der Waals surface area contributed by atoms with Gasteiger partial charge in [-0.15, -0.1) is 0 Å². The fraction of sp³-hybridized carbons (Fsp3) is 0.467. The molecule has 1 aliphatic rings. The van der Waals surface area contributed by atoms with Crippen LogP contribution in [0.15, 0.2) is 35.0 Å². The van der Waals surface area contributed by atoms with Crippen molar-refractivity contribution in [2.45, 2.75) is 72.1 Å². The molecule has 12 heteroatoms. The van der Waals surface area contributed by atoms with E-state index in [1.165, 1.54) is 13.1 Å². The number of rotatable bonds is 7.